The standard InChI is InChI=1S/C13H26N2O/c14-12-8-6-10-4-2-1-3-5-11(16-10)7-9-13(12)15/h10-13H,1-9,14-15H2. The maximum absolute atomic E-state index is 6.20. The number of ether oxygens (including phenoxy) is 1. The molecule has 0 aromatic carbocycles. The van der Waals surface area contributed by atoms with Gasteiger partial charge in [-0.3, -0.25) is 0 Å². The zero-order valence-electron chi connectivity index (χ0n) is 10.2. The van der Waals surface area contributed by atoms with Gasteiger partial charge < -0.3 is 16.2 Å². The zero-order valence-corrected chi connectivity index (χ0v) is 10.2. The molecule has 2 aliphatic rings. The summed E-state index contributed by atoms with van der Waals surface area (Å²) < 4.78 is 6.20. The lowest BCUT2D eigenvalue weighted by molar-refractivity contribution is -0.0359. The minimum Gasteiger partial charge on any atom is -0.375 e. The molecule has 2 rings (SSSR count). The summed E-state index contributed by atoms with van der Waals surface area (Å²) in [6, 6.07) is 0.344. The molecule has 2 aliphatic heterocycles. The van der Waals surface area contributed by atoms with Crippen molar-refractivity contribution in [3.63, 3.8) is 0 Å². The second kappa shape index (κ2) is 5.99. The summed E-state index contributed by atoms with van der Waals surface area (Å²) in [4.78, 5) is 0. The summed E-state index contributed by atoms with van der Waals surface area (Å²) in [5, 5.41) is 0. The largest absolute Gasteiger partial charge is 0.375 e. The second-order valence-electron chi connectivity index (χ2n) is 5.50. The molecule has 2 bridgehead atoms. The van der Waals surface area contributed by atoms with Gasteiger partial charge in [0.1, 0.15) is 0 Å². The SMILES string of the molecule is NC1CCC2CCCCCC(CCC1N)O2. The Balaban J connectivity index is 1.97. The Morgan fingerprint density at radius 3 is 1.62 bits per heavy atom. The van der Waals surface area contributed by atoms with Crippen molar-refractivity contribution in [3.8, 4) is 0 Å². The van der Waals surface area contributed by atoms with E-state index >= 15 is 0 Å². The summed E-state index contributed by atoms with van der Waals surface area (Å²) in [5.41, 5.74) is 12.2. The Morgan fingerprint density at radius 2 is 1.12 bits per heavy atom. The third-order valence-electron chi connectivity index (χ3n) is 4.13. The maximum Gasteiger partial charge on any atom is 0.0579 e. The van der Waals surface area contributed by atoms with Gasteiger partial charge in [-0.25, -0.2) is 0 Å². The van der Waals surface area contributed by atoms with Gasteiger partial charge in [0.25, 0.3) is 0 Å². The summed E-state index contributed by atoms with van der Waals surface area (Å²) in [6.45, 7) is 0. The molecule has 0 radical (unpaired) electrons. The Bertz CT molecular complexity index is 190. The summed E-state index contributed by atoms with van der Waals surface area (Å²) in [6.07, 6.45) is 11.6. The van der Waals surface area contributed by atoms with Crippen LogP contribution in [-0.4, -0.2) is 24.3 Å². The van der Waals surface area contributed by atoms with Crippen LogP contribution in [-0.2, 0) is 4.74 Å². The molecule has 0 aliphatic carbocycles. The van der Waals surface area contributed by atoms with Gasteiger partial charge >= 0.3 is 0 Å². The minimum absolute atomic E-state index is 0.172. The van der Waals surface area contributed by atoms with Crippen molar-refractivity contribution < 1.29 is 4.74 Å². The molecule has 3 nitrogen and oxygen atoms in total. The molecular weight excluding hydrogens is 200 g/mol. The fourth-order valence-electron chi connectivity index (χ4n) is 2.94. The third kappa shape index (κ3) is 3.44. The minimum atomic E-state index is 0.172. The Kier molecular flexibility index (Phi) is 4.62. The lowest BCUT2D eigenvalue weighted by atomic mass is 9.98. The predicted molar refractivity (Wildman–Crippen MR) is 66.2 cm³/mol. The average molecular weight is 226 g/mol. The van der Waals surface area contributed by atoms with E-state index in [0.29, 0.717) is 12.2 Å². The first-order valence-electron chi connectivity index (χ1n) is 6.92. The van der Waals surface area contributed by atoms with Crippen LogP contribution >= 0.6 is 0 Å². The maximum atomic E-state index is 6.20. The molecule has 4 unspecified atom stereocenters. The molecule has 0 spiro atoms. The first-order chi connectivity index (χ1) is 7.75. The average Bonchev–Trinajstić information content (AvgIpc) is 2.30. The summed E-state index contributed by atoms with van der Waals surface area (Å²) in [7, 11) is 0. The predicted octanol–water partition coefficient (Wildman–Crippen LogP) is 1.93. The van der Waals surface area contributed by atoms with Crippen LogP contribution in [0.3, 0.4) is 0 Å². The van der Waals surface area contributed by atoms with Crippen molar-refractivity contribution >= 4 is 0 Å². The van der Waals surface area contributed by atoms with Crippen molar-refractivity contribution in [2.75, 3.05) is 0 Å². The van der Waals surface area contributed by atoms with Gasteiger partial charge in [0, 0.05) is 12.1 Å². The van der Waals surface area contributed by atoms with Crippen LogP contribution in [0.5, 0.6) is 0 Å². The van der Waals surface area contributed by atoms with E-state index in [1.54, 1.807) is 0 Å². The van der Waals surface area contributed by atoms with E-state index in [0.717, 1.165) is 25.7 Å². The van der Waals surface area contributed by atoms with Gasteiger partial charge in [0.05, 0.1) is 12.2 Å². The van der Waals surface area contributed by atoms with Crippen LogP contribution in [0.4, 0.5) is 0 Å². The van der Waals surface area contributed by atoms with Gasteiger partial charge in [-0.05, 0) is 38.5 Å². The van der Waals surface area contributed by atoms with Crippen molar-refractivity contribution in [2.24, 2.45) is 11.5 Å². The Labute approximate surface area is 98.9 Å². The highest BCUT2D eigenvalue weighted by Crippen LogP contribution is 2.26. The first-order valence-corrected chi connectivity index (χ1v) is 6.92. The topological polar surface area (TPSA) is 61.3 Å². The molecule has 0 aromatic heterocycles. The third-order valence-corrected chi connectivity index (χ3v) is 4.13. The second-order valence-corrected chi connectivity index (χ2v) is 5.50. The molecule has 16 heavy (non-hydrogen) atoms. The first kappa shape index (κ1) is 12.3. The van der Waals surface area contributed by atoms with E-state index in [1.807, 2.05) is 0 Å². The normalized spacial score (nSPS) is 42.4. The molecule has 94 valence electrons. The Morgan fingerprint density at radius 1 is 0.625 bits per heavy atom. The van der Waals surface area contributed by atoms with Crippen molar-refractivity contribution in [1.29, 1.82) is 0 Å². The van der Waals surface area contributed by atoms with Gasteiger partial charge in [-0.2, -0.15) is 0 Å². The summed E-state index contributed by atoms with van der Waals surface area (Å²) >= 11 is 0. The van der Waals surface area contributed by atoms with Gasteiger partial charge in [0.2, 0.25) is 0 Å². The molecule has 0 aromatic rings. The van der Waals surface area contributed by atoms with Crippen LogP contribution in [0.2, 0.25) is 0 Å². The van der Waals surface area contributed by atoms with E-state index in [9.17, 15) is 0 Å². The van der Waals surface area contributed by atoms with Crippen LogP contribution in [0.1, 0.15) is 57.8 Å². The monoisotopic (exact) mass is 226 g/mol. The van der Waals surface area contributed by atoms with Crippen molar-refractivity contribution in [1.82, 2.24) is 0 Å². The lowest BCUT2D eigenvalue weighted by Crippen LogP contribution is -2.41. The smallest absolute Gasteiger partial charge is 0.0579 e. The van der Waals surface area contributed by atoms with E-state index < -0.39 is 0 Å². The van der Waals surface area contributed by atoms with Gasteiger partial charge in [-0.1, -0.05) is 19.3 Å². The molecule has 2 heterocycles. The molecule has 2 fully saturated rings. The van der Waals surface area contributed by atoms with Crippen LogP contribution in [0.25, 0.3) is 0 Å². The van der Waals surface area contributed by atoms with Gasteiger partial charge in [0.15, 0.2) is 0 Å². The van der Waals surface area contributed by atoms with E-state index in [1.165, 1.54) is 32.1 Å². The highest BCUT2D eigenvalue weighted by Gasteiger charge is 2.24. The quantitative estimate of drug-likeness (QED) is 0.663. The fourth-order valence-corrected chi connectivity index (χ4v) is 2.94. The lowest BCUT2D eigenvalue weighted by Gasteiger charge is -2.26. The highest BCUT2D eigenvalue weighted by molar-refractivity contribution is 4.81. The van der Waals surface area contributed by atoms with Crippen LogP contribution in [0, 0.1) is 0 Å². The van der Waals surface area contributed by atoms with Crippen LogP contribution < -0.4 is 11.5 Å². The van der Waals surface area contributed by atoms with Gasteiger partial charge in [-0.15, -0.1) is 0 Å². The molecule has 2 saturated heterocycles. The zero-order chi connectivity index (χ0) is 11.4. The molecule has 3 heteroatoms. The van der Waals surface area contributed by atoms with Crippen LogP contribution in [0.15, 0.2) is 0 Å². The number of fused-ring (bicyclic) bond motifs is 2. The summed E-state index contributed by atoms with van der Waals surface area (Å²) in [5.74, 6) is 0. The number of nitrogens with two attached hydrogens (primary N) is 2. The number of rotatable bonds is 0. The number of hydrogen-bond acceptors (Lipinski definition) is 3. The molecule has 0 amide bonds. The van der Waals surface area contributed by atoms with E-state index in [-0.39, 0.29) is 12.1 Å². The fraction of sp³-hybridized carbons (Fsp3) is 1.00. The molecular formula is C13H26N2O. The molecule has 0 saturated carbocycles. The van der Waals surface area contributed by atoms with E-state index in [4.69, 9.17) is 16.2 Å². The highest BCUT2D eigenvalue weighted by atomic mass is 16.5. The number of hydrogen-bond donors (Lipinski definition) is 2. The Hall–Kier alpha value is -0.120. The van der Waals surface area contributed by atoms with Crippen molar-refractivity contribution in [2.45, 2.75) is 82.1 Å². The molecule has 4 N–H and O–H groups in total. The van der Waals surface area contributed by atoms with E-state index in [2.05, 4.69) is 0 Å². The molecule has 4 atom stereocenters. The van der Waals surface area contributed by atoms with Crippen molar-refractivity contribution in [3.05, 3.63) is 0 Å².